The highest BCUT2D eigenvalue weighted by molar-refractivity contribution is 7.19. The fourth-order valence-corrected chi connectivity index (χ4v) is 3.93. The van der Waals surface area contributed by atoms with E-state index in [2.05, 4.69) is 40.5 Å². The summed E-state index contributed by atoms with van der Waals surface area (Å²) in [5.41, 5.74) is -0.746. The van der Waals surface area contributed by atoms with Crippen molar-refractivity contribution in [2.24, 2.45) is 0 Å². The molecule has 1 fully saturated rings. The van der Waals surface area contributed by atoms with Crippen molar-refractivity contribution in [2.45, 2.75) is 19.1 Å². The molecule has 5 heteroatoms. The van der Waals surface area contributed by atoms with Gasteiger partial charge in [0.05, 0.1) is 6.61 Å². The Kier molecular flexibility index (Phi) is 3.97. The maximum Gasteiger partial charge on any atom is 0.253 e. The molecule has 0 radical (unpaired) electrons. The number of ether oxygens (including phenoxy) is 1. The molecule has 1 saturated heterocycles. The smallest absolute Gasteiger partial charge is 0.253 e. The molecule has 0 bridgehead atoms. The second kappa shape index (κ2) is 5.75. The maximum atomic E-state index is 12.0. The van der Waals surface area contributed by atoms with Gasteiger partial charge >= 0.3 is 0 Å². The highest BCUT2D eigenvalue weighted by Gasteiger charge is 2.38. The zero-order chi connectivity index (χ0) is 14.9. The number of benzene rings is 1. The van der Waals surface area contributed by atoms with Crippen molar-refractivity contribution in [1.82, 2.24) is 10.2 Å². The second-order valence-electron chi connectivity index (χ2n) is 5.62. The van der Waals surface area contributed by atoms with Crippen LogP contribution in [0.2, 0.25) is 0 Å². The summed E-state index contributed by atoms with van der Waals surface area (Å²) in [4.78, 5) is 15.6. The van der Waals surface area contributed by atoms with E-state index in [-0.39, 0.29) is 5.91 Å². The van der Waals surface area contributed by atoms with E-state index in [0.29, 0.717) is 13.2 Å². The first-order valence-corrected chi connectivity index (χ1v) is 7.98. The number of fused-ring (bicyclic) bond motifs is 1. The number of carbonyl (C=O) groups is 1. The Bertz CT molecular complexity index is 622. The van der Waals surface area contributed by atoms with Gasteiger partial charge in [-0.15, -0.1) is 11.3 Å². The first-order valence-electron chi connectivity index (χ1n) is 7.17. The maximum absolute atomic E-state index is 12.0. The molecule has 1 amide bonds. The first-order chi connectivity index (χ1) is 10.1. The molecule has 3 rings (SSSR count). The third-order valence-electron chi connectivity index (χ3n) is 3.92. The summed E-state index contributed by atoms with van der Waals surface area (Å²) in [7, 11) is 1.65. The van der Waals surface area contributed by atoms with Gasteiger partial charge in [0.1, 0.15) is 0 Å². The van der Waals surface area contributed by atoms with E-state index in [0.717, 1.165) is 13.1 Å². The van der Waals surface area contributed by atoms with Crippen LogP contribution in [-0.4, -0.2) is 43.2 Å². The van der Waals surface area contributed by atoms with Crippen molar-refractivity contribution in [1.29, 1.82) is 0 Å². The quantitative estimate of drug-likeness (QED) is 0.945. The molecule has 1 N–H and O–H groups in total. The lowest BCUT2D eigenvalue weighted by molar-refractivity contribution is -0.156. The van der Waals surface area contributed by atoms with Crippen LogP contribution in [0.15, 0.2) is 30.3 Å². The molecule has 1 aliphatic heterocycles. The van der Waals surface area contributed by atoms with Crippen molar-refractivity contribution in [3.63, 3.8) is 0 Å². The zero-order valence-electron chi connectivity index (χ0n) is 12.4. The van der Waals surface area contributed by atoms with Crippen molar-refractivity contribution < 1.29 is 9.53 Å². The van der Waals surface area contributed by atoms with Gasteiger partial charge in [0.25, 0.3) is 5.91 Å². The van der Waals surface area contributed by atoms with Crippen LogP contribution in [0.25, 0.3) is 10.1 Å². The van der Waals surface area contributed by atoms with Gasteiger partial charge < -0.3 is 10.1 Å². The standard InChI is InChI=1S/C16H20N2O2S/c1-16(15(19)17-2)11-18(7-8-20-16)10-13-9-12-5-3-4-6-14(12)21-13/h3-6,9H,7-8,10-11H2,1-2H3,(H,17,19)/t16-/m1/s1. The van der Waals surface area contributed by atoms with E-state index in [4.69, 9.17) is 4.74 Å². The van der Waals surface area contributed by atoms with Crippen molar-refractivity contribution in [3.8, 4) is 0 Å². The lowest BCUT2D eigenvalue weighted by Gasteiger charge is -2.38. The minimum atomic E-state index is -0.746. The van der Waals surface area contributed by atoms with Crippen molar-refractivity contribution >= 4 is 27.3 Å². The average molecular weight is 304 g/mol. The van der Waals surface area contributed by atoms with Crippen molar-refractivity contribution in [3.05, 3.63) is 35.2 Å². The topological polar surface area (TPSA) is 41.6 Å². The molecule has 112 valence electrons. The number of hydrogen-bond donors (Lipinski definition) is 1. The minimum Gasteiger partial charge on any atom is -0.363 e. The van der Waals surface area contributed by atoms with Crippen LogP contribution < -0.4 is 5.32 Å². The summed E-state index contributed by atoms with van der Waals surface area (Å²) >= 11 is 1.82. The molecule has 21 heavy (non-hydrogen) atoms. The SMILES string of the molecule is CNC(=O)[C@@]1(C)CN(Cc2cc3ccccc3s2)CCO1. The molecule has 4 nitrogen and oxygen atoms in total. The molecule has 1 atom stereocenters. The van der Waals surface area contributed by atoms with Gasteiger partial charge in [0.15, 0.2) is 5.60 Å². The Labute approximate surface area is 128 Å². The Morgan fingerprint density at radius 2 is 2.29 bits per heavy atom. The summed E-state index contributed by atoms with van der Waals surface area (Å²) in [6, 6.07) is 10.7. The Balaban J connectivity index is 1.73. The predicted molar refractivity (Wildman–Crippen MR) is 85.5 cm³/mol. The van der Waals surface area contributed by atoms with Crippen LogP contribution in [0.4, 0.5) is 0 Å². The second-order valence-corrected chi connectivity index (χ2v) is 6.79. The van der Waals surface area contributed by atoms with Gasteiger partial charge in [-0.25, -0.2) is 0 Å². The molecule has 0 saturated carbocycles. The Morgan fingerprint density at radius 3 is 3.05 bits per heavy atom. The molecule has 1 aliphatic rings. The van der Waals surface area contributed by atoms with E-state index in [1.54, 1.807) is 7.05 Å². The van der Waals surface area contributed by atoms with Gasteiger partial charge in [0.2, 0.25) is 0 Å². The number of nitrogens with one attached hydrogen (secondary N) is 1. The minimum absolute atomic E-state index is 0.0523. The fraction of sp³-hybridized carbons (Fsp3) is 0.438. The van der Waals surface area contributed by atoms with Crippen LogP contribution in [0, 0.1) is 0 Å². The summed E-state index contributed by atoms with van der Waals surface area (Å²) < 4.78 is 7.01. The van der Waals surface area contributed by atoms with E-state index < -0.39 is 5.60 Å². The molecular weight excluding hydrogens is 284 g/mol. The number of carbonyl (C=O) groups excluding carboxylic acids is 1. The number of likely N-dealkylation sites (N-methyl/N-ethyl adjacent to an activating group) is 1. The van der Waals surface area contributed by atoms with Crippen LogP contribution >= 0.6 is 11.3 Å². The number of rotatable bonds is 3. The van der Waals surface area contributed by atoms with Gasteiger partial charge in [-0.05, 0) is 24.4 Å². The molecule has 0 unspecified atom stereocenters. The van der Waals surface area contributed by atoms with Gasteiger partial charge in [0, 0.05) is 36.3 Å². The predicted octanol–water partition coefficient (Wildman–Crippen LogP) is 2.24. The summed E-state index contributed by atoms with van der Waals surface area (Å²) in [5.74, 6) is -0.0523. The summed E-state index contributed by atoms with van der Waals surface area (Å²) in [6.07, 6.45) is 0. The van der Waals surface area contributed by atoms with Crippen LogP contribution in [0.1, 0.15) is 11.8 Å². The molecule has 1 aromatic heterocycles. The average Bonchev–Trinajstić information content (AvgIpc) is 2.88. The van der Waals surface area contributed by atoms with E-state index in [9.17, 15) is 4.79 Å². The van der Waals surface area contributed by atoms with E-state index >= 15 is 0 Å². The van der Waals surface area contributed by atoms with Gasteiger partial charge in [-0.3, -0.25) is 9.69 Å². The molecular formula is C16H20N2O2S. The lowest BCUT2D eigenvalue weighted by Crippen LogP contribution is -2.57. The van der Waals surface area contributed by atoms with Gasteiger partial charge in [-0.1, -0.05) is 18.2 Å². The Morgan fingerprint density at radius 1 is 1.48 bits per heavy atom. The normalized spacial score (nSPS) is 23.3. The summed E-state index contributed by atoms with van der Waals surface area (Å²) in [6.45, 7) is 4.81. The third kappa shape index (κ3) is 2.95. The number of amides is 1. The van der Waals surface area contributed by atoms with Crippen molar-refractivity contribution in [2.75, 3.05) is 26.7 Å². The number of hydrogen-bond acceptors (Lipinski definition) is 4. The van der Waals surface area contributed by atoms with E-state index in [1.807, 2.05) is 18.3 Å². The lowest BCUT2D eigenvalue weighted by atomic mass is 10.0. The Hall–Kier alpha value is -1.43. The highest BCUT2D eigenvalue weighted by Crippen LogP contribution is 2.27. The van der Waals surface area contributed by atoms with Crippen LogP contribution in [-0.2, 0) is 16.1 Å². The highest BCUT2D eigenvalue weighted by atomic mass is 32.1. The molecule has 0 aliphatic carbocycles. The zero-order valence-corrected chi connectivity index (χ0v) is 13.2. The molecule has 1 aromatic carbocycles. The van der Waals surface area contributed by atoms with Crippen LogP contribution in [0.5, 0.6) is 0 Å². The largest absolute Gasteiger partial charge is 0.363 e. The van der Waals surface area contributed by atoms with Gasteiger partial charge in [-0.2, -0.15) is 0 Å². The fourth-order valence-electron chi connectivity index (χ4n) is 2.82. The van der Waals surface area contributed by atoms with Crippen LogP contribution in [0.3, 0.4) is 0 Å². The molecule has 0 spiro atoms. The number of thiophene rings is 1. The number of nitrogens with zero attached hydrogens (tertiary/aromatic N) is 1. The number of morpholine rings is 1. The van der Waals surface area contributed by atoms with E-state index in [1.165, 1.54) is 15.0 Å². The molecule has 2 heterocycles. The summed E-state index contributed by atoms with van der Waals surface area (Å²) in [5, 5.41) is 3.98. The first kappa shape index (κ1) is 14.5. The third-order valence-corrected chi connectivity index (χ3v) is 5.02. The monoisotopic (exact) mass is 304 g/mol. The molecule has 2 aromatic rings.